The molecular formula is C20H19N5O2S. The van der Waals surface area contributed by atoms with Crippen LogP contribution in [0.4, 0.5) is 0 Å². The van der Waals surface area contributed by atoms with Crippen LogP contribution in [-0.2, 0) is 9.73 Å². The summed E-state index contributed by atoms with van der Waals surface area (Å²) in [6.07, 6.45) is 3.10. The van der Waals surface area contributed by atoms with Gasteiger partial charge in [-0.25, -0.2) is 14.0 Å². The zero-order valence-electron chi connectivity index (χ0n) is 15.5. The molecule has 1 aliphatic rings. The molecule has 0 amide bonds. The summed E-state index contributed by atoms with van der Waals surface area (Å²) in [4.78, 5) is 4.77. The topological polar surface area (TPSA) is 116 Å². The minimum atomic E-state index is -2.84. The predicted octanol–water partition coefficient (Wildman–Crippen LogP) is 3.70. The highest BCUT2D eigenvalue weighted by Gasteiger charge is 2.35. The molecule has 0 bridgehead atoms. The molecule has 4 rings (SSSR count). The molecule has 1 aliphatic carbocycles. The molecule has 0 unspecified atom stereocenters. The van der Waals surface area contributed by atoms with E-state index in [4.69, 9.17) is 10.0 Å². The van der Waals surface area contributed by atoms with Crippen molar-refractivity contribution >= 4 is 9.73 Å². The first-order valence-electron chi connectivity index (χ1n) is 8.86. The van der Waals surface area contributed by atoms with E-state index in [1.54, 1.807) is 44.2 Å². The number of aromatic nitrogens is 3. The summed E-state index contributed by atoms with van der Waals surface area (Å²) in [5.41, 5.74) is 3.17. The number of nitrogens with one attached hydrogen (secondary N) is 1. The van der Waals surface area contributed by atoms with Gasteiger partial charge in [0, 0.05) is 11.4 Å². The van der Waals surface area contributed by atoms with E-state index in [0.29, 0.717) is 33.1 Å². The minimum absolute atomic E-state index is 0.0596. The summed E-state index contributed by atoms with van der Waals surface area (Å²) in [6, 6.07) is 10.7. The van der Waals surface area contributed by atoms with Crippen molar-refractivity contribution in [3.8, 4) is 28.9 Å². The minimum Gasteiger partial charge on any atom is -0.493 e. The third-order valence-corrected chi connectivity index (χ3v) is 7.42. The lowest BCUT2D eigenvalue weighted by Crippen LogP contribution is -2.09. The molecule has 1 saturated carbocycles. The van der Waals surface area contributed by atoms with Crippen LogP contribution in [0.25, 0.3) is 16.9 Å². The molecule has 0 spiro atoms. The van der Waals surface area contributed by atoms with Crippen LogP contribution in [0.3, 0.4) is 0 Å². The van der Waals surface area contributed by atoms with Crippen LogP contribution >= 0.6 is 0 Å². The van der Waals surface area contributed by atoms with E-state index in [1.807, 2.05) is 0 Å². The maximum absolute atomic E-state index is 12.7. The first-order chi connectivity index (χ1) is 13.3. The van der Waals surface area contributed by atoms with Crippen molar-refractivity contribution in [3.05, 3.63) is 53.3 Å². The van der Waals surface area contributed by atoms with Crippen LogP contribution in [0.15, 0.2) is 41.4 Å². The van der Waals surface area contributed by atoms with Gasteiger partial charge in [0.15, 0.2) is 5.82 Å². The van der Waals surface area contributed by atoms with Crippen molar-refractivity contribution in [1.82, 2.24) is 14.8 Å². The Bertz CT molecular complexity index is 1220. The average molecular weight is 393 g/mol. The Morgan fingerprint density at radius 3 is 2.54 bits per heavy atom. The van der Waals surface area contributed by atoms with E-state index in [2.05, 4.69) is 16.2 Å². The van der Waals surface area contributed by atoms with Gasteiger partial charge in [-0.2, -0.15) is 15.0 Å². The molecule has 8 heteroatoms. The van der Waals surface area contributed by atoms with Crippen molar-refractivity contribution < 1.29 is 9.32 Å². The average Bonchev–Trinajstić information content (AvgIpc) is 3.48. The predicted molar refractivity (Wildman–Crippen MR) is 105 cm³/mol. The molecular weight excluding hydrogens is 374 g/mol. The molecule has 1 fully saturated rings. The van der Waals surface area contributed by atoms with E-state index >= 15 is 0 Å². The largest absolute Gasteiger partial charge is 0.493 e. The smallest absolute Gasteiger partial charge is 0.223 e. The van der Waals surface area contributed by atoms with E-state index in [0.717, 1.165) is 18.4 Å². The lowest BCUT2D eigenvalue weighted by atomic mass is 10.0. The summed E-state index contributed by atoms with van der Waals surface area (Å²) >= 11 is 0. The van der Waals surface area contributed by atoms with Gasteiger partial charge in [-0.1, -0.05) is 12.1 Å². The number of aromatic hydroxyl groups is 1. The molecule has 2 N–H and O–H groups in total. The van der Waals surface area contributed by atoms with Crippen molar-refractivity contribution in [2.75, 3.05) is 0 Å². The molecule has 1 atom stereocenters. The number of hydrogen-bond acceptors (Lipinski definition) is 6. The van der Waals surface area contributed by atoms with Crippen LogP contribution in [0, 0.1) is 30.0 Å². The summed E-state index contributed by atoms with van der Waals surface area (Å²) in [5.74, 6) is 0.336. The van der Waals surface area contributed by atoms with Gasteiger partial charge in [-0.05, 0) is 56.0 Å². The molecule has 0 aliphatic heterocycles. The number of aryl methyl sites for hydroxylation is 2. The molecule has 1 aromatic carbocycles. The van der Waals surface area contributed by atoms with Crippen LogP contribution in [0.5, 0.6) is 5.88 Å². The summed E-state index contributed by atoms with van der Waals surface area (Å²) < 4.78 is 22.3. The maximum atomic E-state index is 12.7. The highest BCUT2D eigenvalue weighted by Crippen LogP contribution is 2.37. The molecule has 2 heterocycles. The van der Waals surface area contributed by atoms with Crippen molar-refractivity contribution in [2.45, 2.75) is 36.8 Å². The second-order valence-corrected chi connectivity index (χ2v) is 9.30. The van der Waals surface area contributed by atoms with Crippen LogP contribution in [0.2, 0.25) is 0 Å². The normalized spacial score (nSPS) is 15.8. The second-order valence-electron chi connectivity index (χ2n) is 6.99. The van der Waals surface area contributed by atoms with E-state index in [1.165, 1.54) is 10.9 Å². The SMILES string of the molecule is Cc1cc(-n2nc(C)c(-c3ccc(C#N)cc3)c2O)ncc1[S@@](=N)(=O)C1CC1. The third kappa shape index (κ3) is 2.94. The second kappa shape index (κ2) is 6.46. The number of nitriles is 1. The molecule has 0 saturated heterocycles. The van der Waals surface area contributed by atoms with Gasteiger partial charge >= 0.3 is 0 Å². The van der Waals surface area contributed by atoms with Gasteiger partial charge in [0.1, 0.15) is 0 Å². The quantitative estimate of drug-likeness (QED) is 0.701. The Labute approximate surface area is 163 Å². The highest BCUT2D eigenvalue weighted by atomic mass is 32.2. The Balaban J connectivity index is 1.76. The van der Waals surface area contributed by atoms with Crippen molar-refractivity contribution in [1.29, 1.82) is 10.0 Å². The highest BCUT2D eigenvalue weighted by molar-refractivity contribution is 7.93. The number of nitrogens with zero attached hydrogens (tertiary/aromatic N) is 4. The fraction of sp³-hybridized carbons (Fsp3) is 0.250. The Kier molecular flexibility index (Phi) is 4.20. The Morgan fingerprint density at radius 1 is 1.29 bits per heavy atom. The summed E-state index contributed by atoms with van der Waals surface area (Å²) in [5, 5.41) is 24.0. The number of hydrogen-bond donors (Lipinski definition) is 2. The lowest BCUT2D eigenvalue weighted by molar-refractivity contribution is 0.433. The van der Waals surface area contributed by atoms with Gasteiger partial charge in [0.25, 0.3) is 0 Å². The van der Waals surface area contributed by atoms with Crippen molar-refractivity contribution in [3.63, 3.8) is 0 Å². The monoisotopic (exact) mass is 393 g/mol. The zero-order valence-corrected chi connectivity index (χ0v) is 16.3. The third-order valence-electron chi connectivity index (χ3n) is 4.92. The van der Waals surface area contributed by atoms with Gasteiger partial charge in [0.05, 0.1) is 37.5 Å². The van der Waals surface area contributed by atoms with E-state index in [9.17, 15) is 9.32 Å². The van der Waals surface area contributed by atoms with Crippen LogP contribution < -0.4 is 0 Å². The lowest BCUT2D eigenvalue weighted by Gasteiger charge is -2.11. The maximum Gasteiger partial charge on any atom is 0.223 e. The summed E-state index contributed by atoms with van der Waals surface area (Å²) in [7, 11) is -2.84. The van der Waals surface area contributed by atoms with Gasteiger partial charge < -0.3 is 5.11 Å². The molecule has 28 heavy (non-hydrogen) atoms. The zero-order chi connectivity index (χ0) is 20.1. The molecule has 7 nitrogen and oxygen atoms in total. The molecule has 2 aromatic heterocycles. The van der Waals surface area contributed by atoms with Crippen molar-refractivity contribution in [2.24, 2.45) is 0 Å². The van der Waals surface area contributed by atoms with E-state index in [-0.39, 0.29) is 11.1 Å². The van der Waals surface area contributed by atoms with Gasteiger partial charge in [0.2, 0.25) is 5.88 Å². The Hall–Kier alpha value is -3.18. The molecule has 142 valence electrons. The van der Waals surface area contributed by atoms with E-state index < -0.39 is 9.73 Å². The number of benzene rings is 1. The van der Waals surface area contributed by atoms with Crippen LogP contribution in [-0.4, -0.2) is 29.3 Å². The summed E-state index contributed by atoms with van der Waals surface area (Å²) in [6.45, 7) is 3.58. The first-order valence-corrected chi connectivity index (χ1v) is 10.5. The molecule has 3 aromatic rings. The standard InChI is InChI=1S/C20H19N5O2S/c1-12-9-18(23-11-17(12)28(22,27)16-7-8-16)25-20(26)19(13(2)24-25)15-5-3-14(10-21)4-6-15/h3-6,9,11,16,22,26H,7-8H2,1-2H3/t28-/m0/s1. The number of rotatable bonds is 4. The number of pyridine rings is 1. The Morgan fingerprint density at radius 2 is 1.96 bits per heavy atom. The van der Waals surface area contributed by atoms with Crippen LogP contribution in [0.1, 0.15) is 29.7 Å². The first kappa shape index (κ1) is 18.2. The van der Waals surface area contributed by atoms with Gasteiger partial charge in [-0.15, -0.1) is 0 Å². The van der Waals surface area contributed by atoms with Gasteiger partial charge in [-0.3, -0.25) is 0 Å². The fourth-order valence-electron chi connectivity index (χ4n) is 3.27. The fourth-order valence-corrected chi connectivity index (χ4v) is 5.17. The molecule has 0 radical (unpaired) electrons.